The summed E-state index contributed by atoms with van der Waals surface area (Å²) >= 11 is 6.32. The largest absolute Gasteiger partial charge is 0.349 e. The van der Waals surface area contributed by atoms with Gasteiger partial charge in [-0.3, -0.25) is 9.89 Å². The Balaban J connectivity index is 1.51. The number of thioether (sulfide) groups is 1. The predicted octanol–water partition coefficient (Wildman–Crippen LogP) is 4.27. The summed E-state index contributed by atoms with van der Waals surface area (Å²) in [6, 6.07) is 11.8. The molecule has 0 saturated heterocycles. The number of halogens is 1. The Labute approximate surface area is 156 Å². The van der Waals surface area contributed by atoms with E-state index in [0.717, 1.165) is 20.7 Å². The first-order valence-electron chi connectivity index (χ1n) is 7.26. The molecule has 2 N–H and O–H groups in total. The number of H-pyrrole nitrogens is 1. The highest BCUT2D eigenvalue weighted by molar-refractivity contribution is 9.10. The molecule has 0 spiro atoms. The van der Waals surface area contributed by atoms with E-state index in [1.165, 1.54) is 11.8 Å². The number of aromatic amines is 1. The number of nitrogens with one attached hydrogen (secondary N) is 2. The van der Waals surface area contributed by atoms with Crippen LogP contribution in [0.25, 0.3) is 10.7 Å². The van der Waals surface area contributed by atoms with E-state index in [1.54, 1.807) is 11.3 Å². The van der Waals surface area contributed by atoms with Gasteiger partial charge in [-0.15, -0.1) is 16.4 Å². The van der Waals surface area contributed by atoms with Gasteiger partial charge in [0.25, 0.3) is 0 Å². The molecule has 2 aromatic heterocycles. The molecule has 2 heterocycles. The molecule has 0 saturated carbocycles. The van der Waals surface area contributed by atoms with E-state index >= 15 is 0 Å². The lowest BCUT2D eigenvalue weighted by molar-refractivity contribution is -0.119. The summed E-state index contributed by atoms with van der Waals surface area (Å²) in [5.41, 5.74) is 1.06. The third kappa shape index (κ3) is 4.46. The van der Waals surface area contributed by atoms with Crippen LogP contribution in [0.3, 0.4) is 0 Å². The van der Waals surface area contributed by atoms with E-state index in [1.807, 2.05) is 48.7 Å². The molecule has 1 aromatic carbocycles. The van der Waals surface area contributed by atoms with Crippen molar-refractivity contribution < 1.29 is 4.79 Å². The number of carbonyl (C=O) groups excluding carboxylic acids is 1. The molecule has 1 atom stereocenters. The summed E-state index contributed by atoms with van der Waals surface area (Å²) in [5.74, 6) is 0.969. The zero-order chi connectivity index (χ0) is 16.9. The zero-order valence-corrected chi connectivity index (χ0v) is 16.0. The molecule has 0 bridgehead atoms. The minimum Gasteiger partial charge on any atom is -0.349 e. The van der Waals surface area contributed by atoms with Crippen LogP contribution in [0.4, 0.5) is 0 Å². The molecule has 0 aliphatic rings. The second-order valence-electron chi connectivity index (χ2n) is 5.07. The van der Waals surface area contributed by atoms with Crippen LogP contribution >= 0.6 is 39.0 Å². The molecule has 3 rings (SSSR count). The number of aromatic nitrogens is 3. The standard InChI is InChI=1S/C16H15BrN4OS2/c1-10(11-4-6-12(17)7-5-11)18-14(22)9-24-16-19-15(20-21-16)13-3-2-8-23-13/h2-8,10H,9H2,1H3,(H,18,22)(H,19,20,21). The summed E-state index contributed by atoms with van der Waals surface area (Å²) in [5, 5.41) is 12.6. The van der Waals surface area contributed by atoms with E-state index in [9.17, 15) is 4.79 Å². The van der Waals surface area contributed by atoms with E-state index in [-0.39, 0.29) is 17.7 Å². The third-order valence-electron chi connectivity index (χ3n) is 3.30. The monoisotopic (exact) mass is 422 g/mol. The van der Waals surface area contributed by atoms with Gasteiger partial charge in [0.1, 0.15) is 0 Å². The molecular formula is C16H15BrN4OS2. The first kappa shape index (κ1) is 17.2. The maximum absolute atomic E-state index is 12.1. The second kappa shape index (κ2) is 7.96. The summed E-state index contributed by atoms with van der Waals surface area (Å²) in [7, 11) is 0. The topological polar surface area (TPSA) is 70.7 Å². The van der Waals surface area contributed by atoms with Gasteiger partial charge in [0, 0.05) is 4.47 Å². The summed E-state index contributed by atoms with van der Waals surface area (Å²) < 4.78 is 1.02. The number of nitrogens with zero attached hydrogens (tertiary/aromatic N) is 2. The Kier molecular flexibility index (Phi) is 5.70. The van der Waals surface area contributed by atoms with E-state index in [4.69, 9.17) is 0 Å². The minimum atomic E-state index is -0.0436. The van der Waals surface area contributed by atoms with E-state index in [2.05, 4.69) is 36.4 Å². The van der Waals surface area contributed by atoms with Crippen molar-refractivity contribution in [3.63, 3.8) is 0 Å². The van der Waals surface area contributed by atoms with Crippen LogP contribution < -0.4 is 5.32 Å². The van der Waals surface area contributed by atoms with Crippen LogP contribution in [0.1, 0.15) is 18.5 Å². The fraction of sp³-hybridized carbons (Fsp3) is 0.188. The van der Waals surface area contributed by atoms with Crippen molar-refractivity contribution in [3.8, 4) is 10.7 Å². The average molecular weight is 423 g/mol. The van der Waals surface area contributed by atoms with Gasteiger partial charge in [-0.25, -0.2) is 4.98 Å². The van der Waals surface area contributed by atoms with Crippen molar-refractivity contribution >= 4 is 44.9 Å². The lowest BCUT2D eigenvalue weighted by Gasteiger charge is -2.14. The highest BCUT2D eigenvalue weighted by Gasteiger charge is 2.12. The Morgan fingerprint density at radius 2 is 2.17 bits per heavy atom. The van der Waals surface area contributed by atoms with Gasteiger partial charge in [-0.2, -0.15) is 0 Å². The Hall–Kier alpha value is -1.64. The van der Waals surface area contributed by atoms with Crippen LogP contribution in [0.5, 0.6) is 0 Å². The van der Waals surface area contributed by atoms with Crippen molar-refractivity contribution in [3.05, 3.63) is 51.8 Å². The first-order chi connectivity index (χ1) is 11.6. The van der Waals surface area contributed by atoms with Gasteiger partial charge >= 0.3 is 0 Å². The number of carbonyl (C=O) groups is 1. The van der Waals surface area contributed by atoms with Crippen LogP contribution in [-0.2, 0) is 4.79 Å². The maximum Gasteiger partial charge on any atom is 0.230 e. The highest BCUT2D eigenvalue weighted by atomic mass is 79.9. The Morgan fingerprint density at radius 1 is 1.38 bits per heavy atom. The van der Waals surface area contributed by atoms with Crippen molar-refractivity contribution in [2.24, 2.45) is 0 Å². The summed E-state index contributed by atoms with van der Waals surface area (Å²) in [6.45, 7) is 1.97. The fourth-order valence-corrected chi connectivity index (χ4v) is 3.62. The van der Waals surface area contributed by atoms with Crippen LogP contribution in [0, 0.1) is 0 Å². The first-order valence-corrected chi connectivity index (χ1v) is 9.91. The quantitative estimate of drug-likeness (QED) is 0.581. The molecule has 3 aromatic rings. The predicted molar refractivity (Wildman–Crippen MR) is 101 cm³/mol. The Morgan fingerprint density at radius 3 is 2.88 bits per heavy atom. The van der Waals surface area contributed by atoms with Crippen molar-refractivity contribution in [2.75, 3.05) is 5.75 Å². The normalized spacial score (nSPS) is 12.1. The van der Waals surface area contributed by atoms with Crippen molar-refractivity contribution in [1.82, 2.24) is 20.5 Å². The fourth-order valence-electron chi connectivity index (χ4n) is 2.08. The van der Waals surface area contributed by atoms with E-state index < -0.39 is 0 Å². The molecule has 0 aliphatic heterocycles. The number of thiophene rings is 1. The average Bonchev–Trinajstić information content (AvgIpc) is 3.25. The van der Waals surface area contributed by atoms with E-state index in [0.29, 0.717) is 5.16 Å². The minimum absolute atomic E-state index is 0.0416. The number of rotatable bonds is 6. The molecule has 5 nitrogen and oxygen atoms in total. The van der Waals surface area contributed by atoms with Crippen LogP contribution in [-0.4, -0.2) is 26.8 Å². The SMILES string of the molecule is CC(NC(=O)CSc1n[nH]c(-c2cccs2)n1)c1ccc(Br)cc1. The van der Waals surface area contributed by atoms with Gasteiger partial charge in [-0.05, 0) is 36.1 Å². The van der Waals surface area contributed by atoms with Crippen molar-refractivity contribution in [2.45, 2.75) is 18.1 Å². The molecule has 8 heteroatoms. The number of benzene rings is 1. The third-order valence-corrected chi connectivity index (χ3v) is 5.55. The number of hydrogen-bond donors (Lipinski definition) is 2. The lowest BCUT2D eigenvalue weighted by atomic mass is 10.1. The molecule has 1 amide bonds. The molecule has 124 valence electrons. The molecule has 0 radical (unpaired) electrons. The smallest absolute Gasteiger partial charge is 0.230 e. The summed E-state index contributed by atoms with van der Waals surface area (Å²) in [4.78, 5) is 17.5. The molecule has 0 aliphatic carbocycles. The maximum atomic E-state index is 12.1. The van der Waals surface area contributed by atoms with Gasteiger partial charge in [0.15, 0.2) is 5.82 Å². The molecule has 24 heavy (non-hydrogen) atoms. The van der Waals surface area contributed by atoms with Crippen LogP contribution in [0.2, 0.25) is 0 Å². The van der Waals surface area contributed by atoms with Gasteiger partial charge < -0.3 is 5.32 Å². The lowest BCUT2D eigenvalue weighted by Crippen LogP contribution is -2.28. The van der Waals surface area contributed by atoms with Gasteiger partial charge in [0.2, 0.25) is 11.1 Å². The van der Waals surface area contributed by atoms with Gasteiger partial charge in [-0.1, -0.05) is 45.9 Å². The molecular weight excluding hydrogens is 408 g/mol. The van der Waals surface area contributed by atoms with Crippen LogP contribution in [0.15, 0.2) is 51.4 Å². The van der Waals surface area contributed by atoms with Crippen molar-refractivity contribution in [1.29, 1.82) is 0 Å². The number of hydrogen-bond acceptors (Lipinski definition) is 5. The van der Waals surface area contributed by atoms with Gasteiger partial charge in [0.05, 0.1) is 16.7 Å². The number of amides is 1. The summed E-state index contributed by atoms with van der Waals surface area (Å²) in [6.07, 6.45) is 0. The molecule has 1 unspecified atom stereocenters. The second-order valence-corrected chi connectivity index (χ2v) is 7.88. The molecule has 0 fully saturated rings. The zero-order valence-electron chi connectivity index (χ0n) is 12.8. The Bertz CT molecular complexity index is 802. The highest BCUT2D eigenvalue weighted by Crippen LogP contribution is 2.23.